The van der Waals surface area contributed by atoms with Crippen molar-refractivity contribution >= 4 is 17.5 Å². The van der Waals surface area contributed by atoms with Crippen molar-refractivity contribution in [3.63, 3.8) is 0 Å². The number of amides is 2. The van der Waals surface area contributed by atoms with Crippen molar-refractivity contribution in [2.24, 2.45) is 5.41 Å². The maximum atomic E-state index is 14.9. The molecule has 3 N–H and O–H groups in total. The minimum absolute atomic E-state index is 0.0967. The van der Waals surface area contributed by atoms with Crippen LogP contribution in [-0.2, 0) is 4.79 Å². The van der Waals surface area contributed by atoms with Crippen molar-refractivity contribution in [1.29, 1.82) is 0 Å². The number of H-pyrrole nitrogens is 1. The fraction of sp³-hybridized carbons (Fsp3) is 0.355. The van der Waals surface area contributed by atoms with Crippen LogP contribution in [0.3, 0.4) is 0 Å². The Kier molecular flexibility index (Phi) is 6.83. The minimum atomic E-state index is -1.13. The van der Waals surface area contributed by atoms with Crippen LogP contribution in [0, 0.1) is 30.9 Å². The van der Waals surface area contributed by atoms with E-state index in [1.54, 1.807) is 23.0 Å². The highest BCUT2D eigenvalue weighted by Gasteiger charge is 2.58. The summed E-state index contributed by atoms with van der Waals surface area (Å²) < 4.78 is 36.3. The van der Waals surface area contributed by atoms with Gasteiger partial charge in [-0.25, -0.2) is 4.39 Å². The Balaban J connectivity index is 1.36. The monoisotopic (exact) mass is 574 g/mol. The third-order valence-corrected chi connectivity index (χ3v) is 8.33. The average Bonchev–Trinajstić information content (AvgIpc) is 3.39. The second-order valence-electron chi connectivity index (χ2n) is 11.5. The van der Waals surface area contributed by atoms with E-state index in [1.807, 2.05) is 40.0 Å². The van der Waals surface area contributed by atoms with E-state index in [-0.39, 0.29) is 24.1 Å². The number of fused-ring (bicyclic) bond motifs is 1. The summed E-state index contributed by atoms with van der Waals surface area (Å²) in [4.78, 5) is 35.4. The molecule has 1 aromatic carbocycles. The van der Waals surface area contributed by atoms with Crippen molar-refractivity contribution in [2.45, 2.75) is 58.5 Å². The van der Waals surface area contributed by atoms with E-state index in [0.29, 0.717) is 24.1 Å². The fourth-order valence-electron chi connectivity index (χ4n) is 6.03. The summed E-state index contributed by atoms with van der Waals surface area (Å²) in [6.07, 6.45) is 6.42. The lowest BCUT2D eigenvalue weighted by Gasteiger charge is -2.38. The van der Waals surface area contributed by atoms with Gasteiger partial charge in [-0.1, -0.05) is 6.07 Å². The van der Waals surface area contributed by atoms with E-state index in [1.165, 1.54) is 12.3 Å². The molecule has 1 saturated carbocycles. The SMILES string of the molecule is Cc1c[nH]c(C)c1-c1ccc(NC(=O)[C@@H](NC(=O)c2ccnn2C(C)C)C2c3ccc(F)c(F)c3OCC23CC3)cn1. The molecule has 3 aromatic heterocycles. The van der Waals surface area contributed by atoms with Crippen LogP contribution in [0.2, 0.25) is 0 Å². The van der Waals surface area contributed by atoms with Gasteiger partial charge in [0.15, 0.2) is 11.6 Å². The number of aromatic amines is 1. The summed E-state index contributed by atoms with van der Waals surface area (Å²) >= 11 is 0. The van der Waals surface area contributed by atoms with E-state index in [4.69, 9.17) is 4.74 Å². The van der Waals surface area contributed by atoms with Gasteiger partial charge in [0.2, 0.25) is 11.7 Å². The first-order chi connectivity index (χ1) is 20.1. The highest BCUT2D eigenvalue weighted by molar-refractivity contribution is 6.01. The second kappa shape index (κ2) is 10.4. The molecular weight excluding hydrogens is 542 g/mol. The Hall–Kier alpha value is -4.54. The highest BCUT2D eigenvalue weighted by Crippen LogP contribution is 2.61. The molecule has 1 unspecified atom stereocenters. The molecule has 42 heavy (non-hydrogen) atoms. The zero-order valence-electron chi connectivity index (χ0n) is 23.8. The van der Waals surface area contributed by atoms with Crippen LogP contribution in [0.25, 0.3) is 11.3 Å². The molecule has 6 rings (SSSR count). The van der Waals surface area contributed by atoms with Crippen molar-refractivity contribution in [3.8, 4) is 17.0 Å². The van der Waals surface area contributed by atoms with Gasteiger partial charge in [-0.15, -0.1) is 0 Å². The number of pyridine rings is 1. The Morgan fingerprint density at radius 3 is 2.57 bits per heavy atom. The molecule has 0 saturated heterocycles. The number of aryl methyl sites for hydroxylation is 2. The standard InChI is InChI=1S/C31H32F2N6O3/c1-16(2)39-23(9-12-36-39)29(40)38-27(25-20-6-7-21(32)26(33)28(20)42-15-31(25)10-11-31)30(41)37-19-5-8-22(35-14-19)24-17(3)13-34-18(24)4/h5-9,12-14,16,25,27,34H,10-11,15H2,1-4H3,(H,37,41)(H,38,40)/t25?,27-/m0/s1. The Morgan fingerprint density at radius 1 is 1.14 bits per heavy atom. The van der Waals surface area contributed by atoms with Gasteiger partial charge < -0.3 is 20.4 Å². The molecule has 1 aliphatic carbocycles. The third kappa shape index (κ3) is 4.72. The van der Waals surface area contributed by atoms with E-state index >= 15 is 0 Å². The molecule has 0 radical (unpaired) electrons. The number of ether oxygens (including phenoxy) is 1. The van der Waals surface area contributed by atoms with E-state index < -0.39 is 40.8 Å². The molecule has 9 nitrogen and oxygen atoms in total. The van der Waals surface area contributed by atoms with E-state index in [2.05, 4.69) is 25.7 Å². The molecule has 2 aliphatic rings. The number of carbonyl (C=O) groups is 2. The Morgan fingerprint density at radius 2 is 1.93 bits per heavy atom. The van der Waals surface area contributed by atoms with Crippen molar-refractivity contribution in [3.05, 3.63) is 83.1 Å². The van der Waals surface area contributed by atoms with Gasteiger partial charge in [0.1, 0.15) is 11.7 Å². The maximum Gasteiger partial charge on any atom is 0.270 e. The summed E-state index contributed by atoms with van der Waals surface area (Å²) in [5.41, 5.74) is 4.34. The lowest BCUT2D eigenvalue weighted by Crippen LogP contribution is -2.52. The van der Waals surface area contributed by atoms with Gasteiger partial charge in [-0.2, -0.15) is 9.49 Å². The highest BCUT2D eigenvalue weighted by atomic mass is 19.2. The van der Waals surface area contributed by atoms with E-state index in [9.17, 15) is 18.4 Å². The zero-order valence-corrected chi connectivity index (χ0v) is 23.8. The largest absolute Gasteiger partial charge is 0.489 e. The van der Waals surface area contributed by atoms with Gasteiger partial charge in [-0.05, 0) is 70.4 Å². The first kappa shape index (κ1) is 27.6. The van der Waals surface area contributed by atoms with E-state index in [0.717, 1.165) is 28.6 Å². The van der Waals surface area contributed by atoms with Crippen LogP contribution in [0.1, 0.15) is 66.0 Å². The molecule has 1 spiro atoms. The Labute approximate surface area is 241 Å². The van der Waals surface area contributed by atoms with Crippen molar-refractivity contribution in [2.75, 3.05) is 11.9 Å². The van der Waals surface area contributed by atoms with Crippen LogP contribution < -0.4 is 15.4 Å². The fourth-order valence-corrected chi connectivity index (χ4v) is 6.03. The summed E-state index contributed by atoms with van der Waals surface area (Å²) in [6.45, 7) is 7.86. The lowest BCUT2D eigenvalue weighted by atomic mass is 9.75. The summed E-state index contributed by atoms with van der Waals surface area (Å²) in [5, 5.41) is 10.1. The number of halogens is 2. The second-order valence-corrected chi connectivity index (χ2v) is 11.5. The van der Waals surface area contributed by atoms with Crippen LogP contribution in [0.5, 0.6) is 5.75 Å². The lowest BCUT2D eigenvalue weighted by molar-refractivity contribution is -0.119. The van der Waals surface area contributed by atoms with Gasteiger partial charge >= 0.3 is 0 Å². The number of aromatic nitrogens is 4. The van der Waals surface area contributed by atoms with Crippen LogP contribution in [0.15, 0.2) is 48.9 Å². The molecule has 0 bridgehead atoms. The Bertz CT molecular complexity index is 1650. The predicted octanol–water partition coefficient (Wildman–Crippen LogP) is 5.44. The molecule has 2 atom stereocenters. The topological polar surface area (TPSA) is 114 Å². The minimum Gasteiger partial charge on any atom is -0.489 e. The number of hydrogen-bond acceptors (Lipinski definition) is 5. The van der Waals surface area contributed by atoms with Gasteiger partial charge in [0, 0.05) is 46.6 Å². The molecular formula is C31H32F2N6O3. The molecule has 2 amide bonds. The van der Waals surface area contributed by atoms with Crippen molar-refractivity contribution in [1.82, 2.24) is 25.1 Å². The summed E-state index contributed by atoms with van der Waals surface area (Å²) in [5.74, 6) is -4.03. The predicted molar refractivity (Wildman–Crippen MR) is 152 cm³/mol. The summed E-state index contributed by atoms with van der Waals surface area (Å²) in [6, 6.07) is 6.40. The normalized spacial score (nSPS) is 17.5. The number of benzene rings is 1. The molecule has 218 valence electrons. The molecule has 1 aliphatic heterocycles. The van der Waals surface area contributed by atoms with Gasteiger partial charge in [0.05, 0.1) is 24.2 Å². The number of carbonyl (C=O) groups excluding carboxylic acids is 2. The van der Waals surface area contributed by atoms with Crippen LogP contribution in [-0.4, -0.2) is 44.2 Å². The first-order valence-electron chi connectivity index (χ1n) is 14.0. The zero-order chi connectivity index (χ0) is 29.8. The third-order valence-electron chi connectivity index (χ3n) is 8.33. The number of anilines is 1. The molecule has 4 heterocycles. The van der Waals surface area contributed by atoms with Crippen molar-refractivity contribution < 1.29 is 23.1 Å². The molecule has 1 fully saturated rings. The molecule has 11 heteroatoms. The quantitative estimate of drug-likeness (QED) is 0.272. The smallest absolute Gasteiger partial charge is 0.270 e. The summed E-state index contributed by atoms with van der Waals surface area (Å²) in [7, 11) is 0. The van der Waals surface area contributed by atoms with Crippen LogP contribution in [0.4, 0.5) is 14.5 Å². The maximum absolute atomic E-state index is 14.9. The number of hydrogen-bond donors (Lipinski definition) is 3. The number of nitrogens with one attached hydrogen (secondary N) is 3. The number of nitrogens with zero attached hydrogens (tertiary/aromatic N) is 3. The first-order valence-corrected chi connectivity index (χ1v) is 14.0. The van der Waals surface area contributed by atoms with Crippen LogP contribution >= 0.6 is 0 Å². The number of rotatable bonds is 7. The van der Waals surface area contributed by atoms with Gasteiger partial charge in [-0.3, -0.25) is 19.3 Å². The molecule has 4 aromatic rings. The average molecular weight is 575 g/mol. The van der Waals surface area contributed by atoms with Gasteiger partial charge in [0.25, 0.3) is 5.91 Å².